The predicted octanol–water partition coefficient (Wildman–Crippen LogP) is 6.08. The summed E-state index contributed by atoms with van der Waals surface area (Å²) in [6.07, 6.45) is 0. The van der Waals surface area contributed by atoms with Gasteiger partial charge in [0.05, 0.1) is 25.5 Å². The lowest BCUT2D eigenvalue weighted by Crippen LogP contribution is -2.21. The van der Waals surface area contributed by atoms with E-state index in [2.05, 4.69) is 83.1 Å². The van der Waals surface area contributed by atoms with Gasteiger partial charge in [-0.15, -0.1) is 0 Å². The molecule has 0 amide bonds. The second kappa shape index (κ2) is 6.61. The fourth-order valence-corrected chi connectivity index (χ4v) is 5.34. The topological polar surface area (TPSA) is 41.3 Å². The van der Waals surface area contributed by atoms with Crippen molar-refractivity contribution in [2.45, 2.75) is 23.6 Å². The third-order valence-electron chi connectivity index (χ3n) is 4.71. The minimum absolute atomic E-state index is 0.868. The number of nitrogens with two attached hydrogens (primary N) is 1. The number of benzene rings is 3. The molecule has 0 aliphatic carbocycles. The Bertz CT molecular complexity index is 967. The highest BCUT2D eigenvalue weighted by molar-refractivity contribution is 14.1. The summed E-state index contributed by atoms with van der Waals surface area (Å²) < 4.78 is 1.13. The summed E-state index contributed by atoms with van der Waals surface area (Å²) in [5.41, 5.74) is 10.9. The molecule has 0 unspecified atom stereocenters. The molecule has 0 saturated carbocycles. The molecule has 128 valence electrons. The third kappa shape index (κ3) is 2.73. The monoisotopic (exact) mass is 461 g/mol. The van der Waals surface area contributed by atoms with Gasteiger partial charge in [-0.05, 0) is 54.6 Å². The van der Waals surface area contributed by atoms with Crippen molar-refractivity contribution in [1.29, 1.82) is 0 Å². The molecule has 3 N–H and O–H groups in total. The van der Waals surface area contributed by atoms with E-state index in [-0.39, 0.29) is 0 Å². The van der Waals surface area contributed by atoms with E-state index in [4.69, 9.17) is 5.73 Å². The number of nitrogens with one attached hydrogen (secondary N) is 1. The zero-order valence-electron chi connectivity index (χ0n) is 14.3. The molecule has 0 spiro atoms. The summed E-state index contributed by atoms with van der Waals surface area (Å²) >= 11 is 4.19. The number of halogens is 1. The number of hydrogen-bond acceptors (Lipinski definition) is 4. The van der Waals surface area contributed by atoms with Crippen molar-refractivity contribution in [3.05, 3.63) is 46.0 Å². The van der Waals surface area contributed by atoms with Crippen LogP contribution in [0.3, 0.4) is 0 Å². The number of fused-ring (bicyclic) bond motifs is 4. The Labute approximate surface area is 166 Å². The van der Waals surface area contributed by atoms with E-state index in [1.54, 1.807) is 0 Å². The van der Waals surface area contributed by atoms with Crippen LogP contribution in [-0.4, -0.2) is 13.1 Å². The molecule has 5 heteroatoms. The first-order valence-corrected chi connectivity index (χ1v) is 10.4. The van der Waals surface area contributed by atoms with Crippen molar-refractivity contribution in [2.75, 3.05) is 29.0 Å². The molecule has 0 bridgehead atoms. The van der Waals surface area contributed by atoms with Gasteiger partial charge in [0.2, 0.25) is 0 Å². The summed E-state index contributed by atoms with van der Waals surface area (Å²) in [6, 6.07) is 15.0. The number of rotatable bonds is 3. The molecule has 1 aliphatic rings. The average molecular weight is 461 g/mol. The van der Waals surface area contributed by atoms with Crippen LogP contribution in [-0.2, 0) is 0 Å². The average Bonchev–Trinajstić information content (AvgIpc) is 2.66. The Morgan fingerprint density at radius 2 is 1.80 bits per heavy atom. The zero-order valence-corrected chi connectivity index (χ0v) is 17.2. The molecule has 0 aromatic heterocycles. The van der Waals surface area contributed by atoms with Crippen LogP contribution in [0.1, 0.15) is 13.8 Å². The Kier molecular flexibility index (Phi) is 4.45. The zero-order chi connectivity index (χ0) is 17.6. The van der Waals surface area contributed by atoms with Gasteiger partial charge >= 0.3 is 0 Å². The van der Waals surface area contributed by atoms with Gasteiger partial charge in [0.25, 0.3) is 0 Å². The Morgan fingerprint density at radius 1 is 1.08 bits per heavy atom. The number of nitrogen functional groups attached to an aromatic ring is 1. The summed E-state index contributed by atoms with van der Waals surface area (Å²) in [4.78, 5) is 4.85. The summed E-state index contributed by atoms with van der Waals surface area (Å²) in [6.45, 7) is 6.41. The minimum atomic E-state index is 0.868. The van der Waals surface area contributed by atoms with Crippen LogP contribution in [0.4, 0.5) is 22.7 Å². The fourth-order valence-electron chi connectivity index (χ4n) is 3.36. The number of anilines is 4. The highest BCUT2D eigenvalue weighted by Crippen LogP contribution is 2.51. The van der Waals surface area contributed by atoms with Crippen LogP contribution in [0.2, 0.25) is 0 Å². The molecule has 25 heavy (non-hydrogen) atoms. The first kappa shape index (κ1) is 16.8. The van der Waals surface area contributed by atoms with Gasteiger partial charge in [-0.2, -0.15) is 0 Å². The Balaban J connectivity index is 1.86. The lowest BCUT2D eigenvalue weighted by molar-refractivity contribution is 0.864. The summed E-state index contributed by atoms with van der Waals surface area (Å²) in [5.74, 6) is 0. The van der Waals surface area contributed by atoms with E-state index < -0.39 is 0 Å². The van der Waals surface area contributed by atoms with Crippen molar-refractivity contribution in [3.8, 4) is 0 Å². The van der Waals surface area contributed by atoms with Gasteiger partial charge in [-0.3, -0.25) is 0 Å². The van der Waals surface area contributed by atoms with Crippen LogP contribution in [0, 0.1) is 3.57 Å². The highest BCUT2D eigenvalue weighted by atomic mass is 127. The van der Waals surface area contributed by atoms with Crippen molar-refractivity contribution >= 4 is 67.9 Å². The quantitative estimate of drug-likeness (QED) is 0.287. The van der Waals surface area contributed by atoms with Gasteiger partial charge in [-0.25, -0.2) is 0 Å². The lowest BCUT2D eigenvalue weighted by atomic mass is 10.1. The van der Waals surface area contributed by atoms with Crippen LogP contribution in [0.25, 0.3) is 10.8 Å². The molecular formula is C20H20IN3S. The number of nitrogens with zero attached hydrogens (tertiary/aromatic N) is 1. The van der Waals surface area contributed by atoms with Gasteiger partial charge in [0.15, 0.2) is 0 Å². The second-order valence-electron chi connectivity index (χ2n) is 6.06. The van der Waals surface area contributed by atoms with Crippen LogP contribution in [0.5, 0.6) is 0 Å². The van der Waals surface area contributed by atoms with E-state index in [0.29, 0.717) is 0 Å². The molecule has 0 atom stereocenters. The molecule has 4 rings (SSSR count). The van der Waals surface area contributed by atoms with Crippen molar-refractivity contribution < 1.29 is 0 Å². The van der Waals surface area contributed by atoms with Gasteiger partial charge in [0, 0.05) is 34.4 Å². The predicted molar refractivity (Wildman–Crippen MR) is 118 cm³/mol. The molecule has 3 nitrogen and oxygen atoms in total. The molecule has 0 fully saturated rings. The largest absolute Gasteiger partial charge is 0.397 e. The van der Waals surface area contributed by atoms with E-state index in [1.165, 1.54) is 32.2 Å². The van der Waals surface area contributed by atoms with Crippen molar-refractivity contribution in [2.24, 2.45) is 0 Å². The Hall–Kier alpha value is -1.60. The first-order chi connectivity index (χ1) is 12.1. The fraction of sp³-hybridized carbons (Fsp3) is 0.200. The van der Waals surface area contributed by atoms with Crippen LogP contribution < -0.4 is 16.0 Å². The standard InChI is InChI=1S/C20H20IN3S/c1-3-24(4-2)12-9-10-15-16(11-12)25-20-17(21)18(22)13-7-5-6-8-14(13)19(20)23-15/h5-11,23H,3-4,22H2,1-2H3. The molecule has 1 aliphatic heterocycles. The molecule has 3 aromatic carbocycles. The van der Waals surface area contributed by atoms with Gasteiger partial charge < -0.3 is 16.0 Å². The maximum atomic E-state index is 6.43. The van der Waals surface area contributed by atoms with E-state index in [0.717, 1.165) is 27.7 Å². The first-order valence-electron chi connectivity index (χ1n) is 8.47. The molecular weight excluding hydrogens is 441 g/mol. The molecule has 0 radical (unpaired) electrons. The molecule has 0 saturated heterocycles. The summed E-state index contributed by atoms with van der Waals surface area (Å²) in [7, 11) is 0. The maximum absolute atomic E-state index is 6.43. The van der Waals surface area contributed by atoms with E-state index >= 15 is 0 Å². The van der Waals surface area contributed by atoms with Gasteiger partial charge in [-0.1, -0.05) is 36.0 Å². The normalized spacial score (nSPS) is 12.4. The van der Waals surface area contributed by atoms with E-state index in [1.807, 2.05) is 17.8 Å². The smallest absolute Gasteiger partial charge is 0.0618 e. The second-order valence-corrected chi connectivity index (χ2v) is 8.19. The number of hydrogen-bond donors (Lipinski definition) is 2. The lowest BCUT2D eigenvalue weighted by Gasteiger charge is -2.27. The van der Waals surface area contributed by atoms with Crippen molar-refractivity contribution in [1.82, 2.24) is 0 Å². The van der Waals surface area contributed by atoms with Crippen LogP contribution in [0.15, 0.2) is 52.3 Å². The van der Waals surface area contributed by atoms with E-state index in [9.17, 15) is 0 Å². The molecule has 1 heterocycles. The SMILES string of the molecule is CCN(CC)c1ccc2c(c1)Sc1c(I)c(N)c3ccccc3c1N2. The maximum Gasteiger partial charge on any atom is 0.0618 e. The third-order valence-corrected chi connectivity index (χ3v) is 7.37. The molecule has 3 aromatic rings. The van der Waals surface area contributed by atoms with Gasteiger partial charge in [0.1, 0.15) is 0 Å². The van der Waals surface area contributed by atoms with Crippen LogP contribution >= 0.6 is 34.4 Å². The Morgan fingerprint density at radius 3 is 2.52 bits per heavy atom. The summed E-state index contributed by atoms with van der Waals surface area (Å²) in [5, 5.41) is 5.95. The highest BCUT2D eigenvalue weighted by Gasteiger charge is 2.23. The minimum Gasteiger partial charge on any atom is -0.397 e. The van der Waals surface area contributed by atoms with Crippen molar-refractivity contribution in [3.63, 3.8) is 0 Å².